The van der Waals surface area contributed by atoms with Crippen molar-refractivity contribution in [3.8, 4) is 11.5 Å². The molecule has 1 N–H and O–H groups in total. The molecule has 0 aromatic heterocycles. The molecule has 0 aliphatic carbocycles. The molecule has 0 unspecified atom stereocenters. The van der Waals surface area contributed by atoms with Gasteiger partial charge in [0.05, 0.1) is 22.3 Å². The van der Waals surface area contributed by atoms with Crippen molar-refractivity contribution in [3.63, 3.8) is 0 Å². The molecule has 1 atom stereocenters. The molecule has 7 nitrogen and oxygen atoms in total. The van der Waals surface area contributed by atoms with E-state index in [0.717, 1.165) is 15.7 Å². The third-order valence-electron chi connectivity index (χ3n) is 4.77. The van der Waals surface area contributed by atoms with Gasteiger partial charge in [0.2, 0.25) is 12.7 Å². The summed E-state index contributed by atoms with van der Waals surface area (Å²) < 4.78 is 11.7. The van der Waals surface area contributed by atoms with Gasteiger partial charge < -0.3 is 24.6 Å². The molecule has 2 heterocycles. The van der Waals surface area contributed by atoms with E-state index in [1.165, 1.54) is 0 Å². The van der Waals surface area contributed by atoms with Crippen LogP contribution in [0.5, 0.6) is 11.5 Å². The number of hydrogen-bond donors (Lipinski definition) is 1. The molecular formula is C19H18BrN3O4. The topological polar surface area (TPSA) is 71.1 Å². The largest absolute Gasteiger partial charge is 0.454 e. The van der Waals surface area contributed by atoms with E-state index in [2.05, 4.69) is 21.2 Å². The lowest BCUT2D eigenvalue weighted by molar-refractivity contribution is -0.119. The average Bonchev–Trinajstić information content (AvgIpc) is 3.15. The van der Waals surface area contributed by atoms with Crippen LogP contribution in [0.4, 0.5) is 5.69 Å². The Bertz CT molecular complexity index is 933. The minimum Gasteiger partial charge on any atom is -0.454 e. The van der Waals surface area contributed by atoms with Gasteiger partial charge in [0.15, 0.2) is 11.5 Å². The Morgan fingerprint density at radius 3 is 2.85 bits per heavy atom. The van der Waals surface area contributed by atoms with Crippen LogP contribution in [0.1, 0.15) is 22.1 Å². The number of anilines is 1. The predicted octanol–water partition coefficient (Wildman–Crippen LogP) is 2.51. The van der Waals surface area contributed by atoms with Gasteiger partial charge in [-0.15, -0.1) is 0 Å². The molecule has 0 spiro atoms. The van der Waals surface area contributed by atoms with E-state index in [1.54, 1.807) is 25.1 Å². The molecule has 0 fully saturated rings. The standard InChI is InChI=1S/C19H18BrN3O4/c1-21-16(24)9-23-14-6-4-3-5-12(14)19(25)22(2)18(23)11-7-13(20)17-15(8-11)26-10-27-17/h3-8,18H,9-10H2,1-2H3,(H,21,24)/t18-/m1/s1. The maximum absolute atomic E-state index is 13.0. The Balaban J connectivity index is 1.85. The molecule has 0 saturated carbocycles. The Labute approximate surface area is 165 Å². The summed E-state index contributed by atoms with van der Waals surface area (Å²) in [5, 5.41) is 2.66. The number of benzene rings is 2. The van der Waals surface area contributed by atoms with Gasteiger partial charge in [-0.05, 0) is 45.8 Å². The van der Waals surface area contributed by atoms with Crippen LogP contribution in [-0.4, -0.2) is 44.1 Å². The summed E-state index contributed by atoms with van der Waals surface area (Å²) in [5.74, 6) is 1.01. The van der Waals surface area contributed by atoms with Crippen LogP contribution in [0.25, 0.3) is 0 Å². The van der Waals surface area contributed by atoms with Gasteiger partial charge in [-0.1, -0.05) is 12.1 Å². The first-order valence-electron chi connectivity index (χ1n) is 8.43. The van der Waals surface area contributed by atoms with Crippen molar-refractivity contribution in [1.29, 1.82) is 0 Å². The van der Waals surface area contributed by atoms with Crippen LogP contribution >= 0.6 is 15.9 Å². The van der Waals surface area contributed by atoms with Crippen molar-refractivity contribution in [2.45, 2.75) is 6.17 Å². The number of ether oxygens (including phenoxy) is 2. The molecule has 0 saturated heterocycles. The SMILES string of the molecule is CNC(=O)CN1c2ccccc2C(=O)N(C)[C@H]1c1cc(Br)c2c(c1)OCO2. The highest BCUT2D eigenvalue weighted by atomic mass is 79.9. The highest BCUT2D eigenvalue weighted by Gasteiger charge is 2.38. The van der Waals surface area contributed by atoms with Crippen LogP contribution in [-0.2, 0) is 4.79 Å². The zero-order valence-corrected chi connectivity index (χ0v) is 16.4. The van der Waals surface area contributed by atoms with E-state index in [1.807, 2.05) is 35.2 Å². The summed E-state index contributed by atoms with van der Waals surface area (Å²) in [5.41, 5.74) is 2.11. The first-order chi connectivity index (χ1) is 13.0. The lowest BCUT2D eigenvalue weighted by atomic mass is 10.0. The normalized spacial score (nSPS) is 17.7. The van der Waals surface area contributed by atoms with Crippen molar-refractivity contribution in [2.24, 2.45) is 0 Å². The van der Waals surface area contributed by atoms with Gasteiger partial charge in [-0.2, -0.15) is 0 Å². The highest BCUT2D eigenvalue weighted by Crippen LogP contribution is 2.44. The third kappa shape index (κ3) is 2.90. The van der Waals surface area contributed by atoms with E-state index in [9.17, 15) is 9.59 Å². The molecule has 4 rings (SSSR count). The minimum absolute atomic E-state index is 0.0995. The maximum Gasteiger partial charge on any atom is 0.257 e. The second-order valence-corrected chi connectivity index (χ2v) is 7.20. The number of carbonyl (C=O) groups is 2. The van der Waals surface area contributed by atoms with Gasteiger partial charge in [0.1, 0.15) is 6.17 Å². The number of hydrogen-bond acceptors (Lipinski definition) is 5. The molecule has 0 radical (unpaired) electrons. The van der Waals surface area contributed by atoms with Gasteiger partial charge in [0.25, 0.3) is 5.91 Å². The van der Waals surface area contributed by atoms with Gasteiger partial charge >= 0.3 is 0 Å². The minimum atomic E-state index is -0.463. The molecule has 2 aliphatic rings. The second-order valence-electron chi connectivity index (χ2n) is 6.34. The summed E-state index contributed by atoms with van der Waals surface area (Å²) in [6.45, 7) is 0.267. The fourth-order valence-corrected chi connectivity index (χ4v) is 4.07. The molecule has 2 aromatic rings. The number of nitrogens with one attached hydrogen (secondary N) is 1. The molecule has 0 bridgehead atoms. The molecule has 8 heteroatoms. The van der Waals surface area contributed by atoms with Crippen molar-refractivity contribution < 1.29 is 19.1 Å². The van der Waals surface area contributed by atoms with E-state index < -0.39 is 6.17 Å². The molecular weight excluding hydrogens is 414 g/mol. The fourth-order valence-electron chi connectivity index (χ4n) is 3.49. The highest BCUT2D eigenvalue weighted by molar-refractivity contribution is 9.10. The first kappa shape index (κ1) is 17.7. The first-order valence-corrected chi connectivity index (χ1v) is 9.23. The number of nitrogens with zero attached hydrogens (tertiary/aromatic N) is 2. The summed E-state index contributed by atoms with van der Waals surface area (Å²) >= 11 is 3.51. The van der Waals surface area contributed by atoms with Crippen molar-refractivity contribution in [3.05, 3.63) is 52.0 Å². The number of amides is 2. The van der Waals surface area contributed by atoms with E-state index in [0.29, 0.717) is 17.1 Å². The van der Waals surface area contributed by atoms with Crippen molar-refractivity contribution >= 4 is 33.4 Å². The summed E-state index contributed by atoms with van der Waals surface area (Å²) in [6.07, 6.45) is -0.463. The quantitative estimate of drug-likeness (QED) is 0.808. The van der Waals surface area contributed by atoms with Gasteiger partial charge in [0, 0.05) is 14.1 Å². The van der Waals surface area contributed by atoms with Crippen molar-refractivity contribution in [1.82, 2.24) is 10.2 Å². The zero-order valence-electron chi connectivity index (χ0n) is 14.9. The molecule has 27 heavy (non-hydrogen) atoms. The van der Waals surface area contributed by atoms with Gasteiger partial charge in [-0.3, -0.25) is 9.59 Å². The number of carbonyl (C=O) groups excluding carboxylic acids is 2. The second kappa shape index (κ2) is 6.77. The maximum atomic E-state index is 13.0. The zero-order chi connectivity index (χ0) is 19.1. The number of halogens is 1. The molecule has 2 aliphatic heterocycles. The fraction of sp³-hybridized carbons (Fsp3) is 0.263. The van der Waals surface area contributed by atoms with E-state index in [4.69, 9.17) is 9.47 Å². The summed E-state index contributed by atoms with van der Waals surface area (Å²) in [4.78, 5) is 28.7. The monoisotopic (exact) mass is 431 g/mol. The Hall–Kier alpha value is -2.74. The van der Waals surface area contributed by atoms with Crippen LogP contribution in [0, 0.1) is 0 Å². The summed E-state index contributed by atoms with van der Waals surface area (Å²) in [7, 11) is 3.33. The number of rotatable bonds is 3. The van der Waals surface area contributed by atoms with Gasteiger partial charge in [-0.25, -0.2) is 0 Å². The van der Waals surface area contributed by atoms with Crippen molar-refractivity contribution in [2.75, 3.05) is 32.3 Å². The smallest absolute Gasteiger partial charge is 0.257 e. The Kier molecular flexibility index (Phi) is 4.43. The number of likely N-dealkylation sites (N-methyl/N-ethyl adjacent to an activating group) is 1. The third-order valence-corrected chi connectivity index (χ3v) is 5.36. The van der Waals surface area contributed by atoms with E-state index >= 15 is 0 Å². The lowest BCUT2D eigenvalue weighted by Crippen LogP contribution is -2.50. The summed E-state index contributed by atoms with van der Waals surface area (Å²) in [6, 6.07) is 11.1. The molecule has 140 valence electrons. The number of fused-ring (bicyclic) bond motifs is 2. The molecule has 2 amide bonds. The van der Waals surface area contributed by atoms with Crippen LogP contribution in [0.3, 0.4) is 0 Å². The molecule has 2 aromatic carbocycles. The average molecular weight is 432 g/mol. The Morgan fingerprint density at radius 1 is 1.30 bits per heavy atom. The van der Waals surface area contributed by atoms with Crippen LogP contribution in [0.15, 0.2) is 40.9 Å². The van der Waals surface area contributed by atoms with Crippen LogP contribution < -0.4 is 19.7 Å². The van der Waals surface area contributed by atoms with E-state index in [-0.39, 0.29) is 25.2 Å². The predicted molar refractivity (Wildman–Crippen MR) is 103 cm³/mol. The number of para-hydroxylation sites is 1. The van der Waals surface area contributed by atoms with Crippen LogP contribution in [0.2, 0.25) is 0 Å². The Morgan fingerprint density at radius 2 is 2.07 bits per heavy atom. The lowest BCUT2D eigenvalue weighted by Gasteiger charge is -2.44.